The molecule has 196 valence electrons. The number of benzene rings is 3. The fourth-order valence-corrected chi connectivity index (χ4v) is 5.27. The van der Waals surface area contributed by atoms with E-state index < -0.39 is 37.9 Å². The molecular formula is C24H25FN4O6S2. The number of aryl methyl sites for hydroxylation is 2. The molecule has 37 heavy (non-hydrogen) atoms. The monoisotopic (exact) mass is 548 g/mol. The lowest BCUT2D eigenvalue weighted by Crippen LogP contribution is -2.39. The number of hydrogen-bond donors (Lipinski definition) is 4. The van der Waals surface area contributed by atoms with E-state index in [9.17, 15) is 30.8 Å². The van der Waals surface area contributed by atoms with Crippen LogP contribution in [-0.2, 0) is 33.1 Å². The molecule has 0 fully saturated rings. The van der Waals surface area contributed by atoms with Gasteiger partial charge in [0, 0.05) is 18.7 Å². The van der Waals surface area contributed by atoms with E-state index in [-0.39, 0.29) is 28.4 Å². The van der Waals surface area contributed by atoms with Gasteiger partial charge in [-0.3, -0.25) is 0 Å². The molecule has 0 unspecified atom stereocenters. The minimum absolute atomic E-state index is 0.0679. The van der Waals surface area contributed by atoms with Crippen molar-refractivity contribution in [3.05, 3.63) is 94.8 Å². The Morgan fingerprint density at radius 3 is 1.65 bits per heavy atom. The second kappa shape index (κ2) is 11.4. The minimum atomic E-state index is -4.10. The molecular weight excluding hydrogens is 523 g/mol. The van der Waals surface area contributed by atoms with Crippen LogP contribution in [0, 0.1) is 19.7 Å². The summed E-state index contributed by atoms with van der Waals surface area (Å²) >= 11 is 0. The number of nitrogens with one attached hydrogen (secondary N) is 4. The molecule has 0 aliphatic rings. The van der Waals surface area contributed by atoms with Gasteiger partial charge in [0.2, 0.25) is 0 Å². The lowest BCUT2D eigenvalue weighted by Gasteiger charge is -2.11. The van der Waals surface area contributed by atoms with Crippen molar-refractivity contribution in [3.63, 3.8) is 0 Å². The molecule has 0 saturated heterocycles. The Bertz CT molecular complexity index is 1540. The molecule has 13 heteroatoms. The molecule has 3 aromatic carbocycles. The molecule has 0 saturated carbocycles. The van der Waals surface area contributed by atoms with Crippen LogP contribution < -0.4 is 20.1 Å². The summed E-state index contributed by atoms with van der Waals surface area (Å²) in [7, 11) is -8.17. The third-order valence-corrected chi connectivity index (χ3v) is 7.72. The van der Waals surface area contributed by atoms with Gasteiger partial charge in [0.05, 0.1) is 9.79 Å². The van der Waals surface area contributed by atoms with Gasteiger partial charge in [0.25, 0.3) is 20.0 Å². The first-order valence-corrected chi connectivity index (χ1v) is 13.8. The Kier molecular flexibility index (Phi) is 8.50. The van der Waals surface area contributed by atoms with Crippen molar-refractivity contribution in [3.8, 4) is 0 Å². The van der Waals surface area contributed by atoms with Crippen LogP contribution in [0.15, 0.2) is 76.5 Å². The van der Waals surface area contributed by atoms with Crippen molar-refractivity contribution >= 4 is 32.1 Å². The predicted octanol–water partition coefficient (Wildman–Crippen LogP) is 2.82. The molecule has 0 spiro atoms. The number of halogens is 1. The fraction of sp³-hybridized carbons (Fsp3) is 0.167. The van der Waals surface area contributed by atoms with E-state index in [1.165, 1.54) is 36.4 Å². The van der Waals surface area contributed by atoms with Gasteiger partial charge in [-0.25, -0.2) is 40.3 Å². The van der Waals surface area contributed by atoms with E-state index in [4.69, 9.17) is 0 Å². The first kappa shape index (κ1) is 27.6. The van der Waals surface area contributed by atoms with Gasteiger partial charge in [-0.2, -0.15) is 0 Å². The van der Waals surface area contributed by atoms with E-state index >= 15 is 0 Å². The summed E-state index contributed by atoms with van der Waals surface area (Å²) in [6.07, 6.45) is 0. The number of sulfonamides is 2. The van der Waals surface area contributed by atoms with Crippen molar-refractivity contribution in [1.82, 2.24) is 20.1 Å². The van der Waals surface area contributed by atoms with E-state index in [2.05, 4.69) is 10.6 Å². The van der Waals surface area contributed by atoms with Crippen molar-refractivity contribution in [2.45, 2.75) is 36.7 Å². The number of amides is 4. The SMILES string of the molecule is Cc1cccc(S(=O)(=O)NC(=O)NCc2ccc(CNC(=O)NS(=O)(=O)c3cccc(C)c3)c(F)c2)c1. The maximum atomic E-state index is 14.5. The Balaban J connectivity index is 1.52. The average Bonchev–Trinajstić information content (AvgIpc) is 2.81. The first-order chi connectivity index (χ1) is 17.4. The fourth-order valence-electron chi connectivity index (χ4n) is 3.20. The normalized spacial score (nSPS) is 11.4. The molecule has 4 amide bonds. The van der Waals surface area contributed by atoms with E-state index in [0.29, 0.717) is 16.7 Å². The molecule has 10 nitrogen and oxygen atoms in total. The molecule has 3 rings (SSSR count). The number of urea groups is 2. The van der Waals surface area contributed by atoms with Crippen LogP contribution >= 0.6 is 0 Å². The number of carbonyl (C=O) groups is 2. The van der Waals surface area contributed by atoms with Crippen LogP contribution in [0.5, 0.6) is 0 Å². The van der Waals surface area contributed by atoms with Crippen molar-refractivity contribution < 1.29 is 30.8 Å². The van der Waals surface area contributed by atoms with Gasteiger partial charge >= 0.3 is 12.1 Å². The minimum Gasteiger partial charge on any atom is -0.333 e. The van der Waals surface area contributed by atoms with E-state index in [1.807, 2.05) is 9.44 Å². The summed E-state index contributed by atoms with van der Waals surface area (Å²) < 4.78 is 67.5. The van der Waals surface area contributed by atoms with Crippen LogP contribution in [0.4, 0.5) is 14.0 Å². The Labute approximate surface area is 214 Å². The van der Waals surface area contributed by atoms with E-state index in [1.54, 1.807) is 38.1 Å². The molecule has 0 aromatic heterocycles. The number of rotatable bonds is 8. The summed E-state index contributed by atoms with van der Waals surface area (Å²) in [6, 6.07) is 13.9. The van der Waals surface area contributed by atoms with Gasteiger partial charge in [-0.05, 0) is 60.9 Å². The smallest absolute Gasteiger partial charge is 0.328 e. The summed E-state index contributed by atoms with van der Waals surface area (Å²) in [5.41, 5.74) is 1.80. The Morgan fingerprint density at radius 1 is 0.703 bits per heavy atom. The Hall–Kier alpha value is -3.97. The van der Waals surface area contributed by atoms with Crippen LogP contribution in [0.25, 0.3) is 0 Å². The highest BCUT2D eigenvalue weighted by atomic mass is 32.2. The highest BCUT2D eigenvalue weighted by Gasteiger charge is 2.19. The number of hydrogen-bond acceptors (Lipinski definition) is 6. The third kappa shape index (κ3) is 7.75. The van der Waals surface area contributed by atoms with Crippen LogP contribution in [0.1, 0.15) is 22.3 Å². The van der Waals surface area contributed by atoms with Crippen LogP contribution in [0.3, 0.4) is 0 Å². The van der Waals surface area contributed by atoms with Crippen molar-refractivity contribution in [1.29, 1.82) is 0 Å². The molecule has 0 aliphatic heterocycles. The molecule has 0 heterocycles. The highest BCUT2D eigenvalue weighted by molar-refractivity contribution is 7.90. The van der Waals surface area contributed by atoms with E-state index in [0.717, 1.165) is 6.07 Å². The molecule has 0 bridgehead atoms. The lowest BCUT2D eigenvalue weighted by molar-refractivity contribution is 0.244. The standard InChI is InChI=1S/C24H25FN4O6S2/c1-16-5-3-7-20(11-16)36(32,33)28-23(30)26-14-18-9-10-19(22(25)13-18)15-27-24(31)29-37(34,35)21-8-4-6-17(2)12-21/h3-13H,14-15H2,1-2H3,(H2,26,28,30)(H2,27,29,31). The van der Waals surface area contributed by atoms with Gasteiger partial charge in [-0.15, -0.1) is 0 Å². The zero-order valence-electron chi connectivity index (χ0n) is 19.9. The second-order valence-electron chi connectivity index (χ2n) is 8.14. The molecule has 4 N–H and O–H groups in total. The predicted molar refractivity (Wildman–Crippen MR) is 134 cm³/mol. The molecule has 3 aromatic rings. The first-order valence-electron chi connectivity index (χ1n) is 10.9. The summed E-state index contributed by atoms with van der Waals surface area (Å²) in [4.78, 5) is 24.0. The lowest BCUT2D eigenvalue weighted by atomic mass is 10.1. The maximum Gasteiger partial charge on any atom is 0.328 e. The summed E-state index contributed by atoms with van der Waals surface area (Å²) in [6.45, 7) is 2.95. The molecule has 0 radical (unpaired) electrons. The van der Waals surface area contributed by atoms with Crippen LogP contribution in [0.2, 0.25) is 0 Å². The Morgan fingerprint density at radius 2 is 1.19 bits per heavy atom. The topological polar surface area (TPSA) is 151 Å². The van der Waals surface area contributed by atoms with Gasteiger partial charge < -0.3 is 10.6 Å². The van der Waals surface area contributed by atoms with Gasteiger partial charge in [0.1, 0.15) is 5.82 Å². The molecule has 0 aliphatic carbocycles. The quantitative estimate of drug-likeness (QED) is 0.340. The zero-order valence-corrected chi connectivity index (χ0v) is 21.5. The van der Waals surface area contributed by atoms with Crippen LogP contribution in [-0.4, -0.2) is 28.9 Å². The molecule has 0 atom stereocenters. The van der Waals surface area contributed by atoms with Gasteiger partial charge in [-0.1, -0.05) is 36.4 Å². The maximum absolute atomic E-state index is 14.5. The van der Waals surface area contributed by atoms with Gasteiger partial charge in [0.15, 0.2) is 0 Å². The summed E-state index contributed by atoms with van der Waals surface area (Å²) in [5, 5.41) is 4.62. The summed E-state index contributed by atoms with van der Waals surface area (Å²) in [5.74, 6) is -0.714. The number of carbonyl (C=O) groups excluding carboxylic acids is 2. The van der Waals surface area contributed by atoms with Crippen molar-refractivity contribution in [2.75, 3.05) is 0 Å². The second-order valence-corrected chi connectivity index (χ2v) is 11.5. The average molecular weight is 549 g/mol. The van der Waals surface area contributed by atoms with Crippen molar-refractivity contribution in [2.24, 2.45) is 0 Å². The third-order valence-electron chi connectivity index (χ3n) is 5.06. The zero-order chi connectivity index (χ0) is 27.2. The highest BCUT2D eigenvalue weighted by Crippen LogP contribution is 2.13. The largest absolute Gasteiger partial charge is 0.333 e.